The maximum Gasteiger partial charge on any atom is 0.254 e. The van der Waals surface area contributed by atoms with E-state index in [9.17, 15) is 4.79 Å². The van der Waals surface area contributed by atoms with Crippen molar-refractivity contribution in [3.63, 3.8) is 0 Å². The fourth-order valence-corrected chi connectivity index (χ4v) is 2.02. The third kappa shape index (κ3) is 3.26. The fraction of sp³-hybridized carbons (Fsp3) is 0.267. The standard InChI is InChI=1S/C15H18N2O3/c18-11-9-17(10-12-19)15(20)13-3-5-14(6-4-13)16-7-1-2-8-16/h1-8,18-19H,9-12H2. The minimum atomic E-state index is -0.188. The number of hydrogen-bond acceptors (Lipinski definition) is 3. The minimum Gasteiger partial charge on any atom is -0.395 e. The highest BCUT2D eigenvalue weighted by molar-refractivity contribution is 5.94. The first-order valence-corrected chi connectivity index (χ1v) is 6.50. The predicted octanol–water partition coefficient (Wildman–Crippen LogP) is 0.904. The molecule has 1 amide bonds. The van der Waals surface area contributed by atoms with Crippen molar-refractivity contribution in [2.24, 2.45) is 0 Å². The lowest BCUT2D eigenvalue weighted by Gasteiger charge is -2.20. The van der Waals surface area contributed by atoms with Crippen molar-refractivity contribution in [3.8, 4) is 5.69 Å². The lowest BCUT2D eigenvalue weighted by molar-refractivity contribution is 0.0685. The Balaban J connectivity index is 2.14. The zero-order chi connectivity index (χ0) is 14.4. The van der Waals surface area contributed by atoms with Gasteiger partial charge in [-0.3, -0.25) is 4.79 Å². The molecule has 0 aliphatic rings. The van der Waals surface area contributed by atoms with Gasteiger partial charge in [-0.15, -0.1) is 0 Å². The van der Waals surface area contributed by atoms with E-state index in [1.165, 1.54) is 4.90 Å². The Kier molecular flexibility index (Phi) is 4.92. The van der Waals surface area contributed by atoms with Crippen LogP contribution in [-0.2, 0) is 0 Å². The Labute approximate surface area is 117 Å². The van der Waals surface area contributed by atoms with E-state index in [1.54, 1.807) is 12.1 Å². The van der Waals surface area contributed by atoms with Crippen molar-refractivity contribution in [3.05, 3.63) is 54.4 Å². The number of aromatic nitrogens is 1. The molecule has 0 aliphatic heterocycles. The minimum absolute atomic E-state index is 0.118. The van der Waals surface area contributed by atoms with Gasteiger partial charge >= 0.3 is 0 Å². The monoisotopic (exact) mass is 274 g/mol. The van der Waals surface area contributed by atoms with Crippen molar-refractivity contribution >= 4 is 5.91 Å². The molecule has 5 heteroatoms. The summed E-state index contributed by atoms with van der Waals surface area (Å²) < 4.78 is 1.95. The van der Waals surface area contributed by atoms with Gasteiger partial charge < -0.3 is 19.7 Å². The molecule has 0 spiro atoms. The Morgan fingerprint density at radius 2 is 1.55 bits per heavy atom. The van der Waals surface area contributed by atoms with Crippen molar-refractivity contribution in [2.45, 2.75) is 0 Å². The molecular formula is C15H18N2O3. The van der Waals surface area contributed by atoms with E-state index in [1.807, 2.05) is 41.2 Å². The zero-order valence-electron chi connectivity index (χ0n) is 11.1. The van der Waals surface area contributed by atoms with Crippen LogP contribution in [0.1, 0.15) is 10.4 Å². The summed E-state index contributed by atoms with van der Waals surface area (Å²) in [7, 11) is 0. The second kappa shape index (κ2) is 6.88. The van der Waals surface area contributed by atoms with Crippen LogP contribution in [0, 0.1) is 0 Å². The van der Waals surface area contributed by atoms with Gasteiger partial charge in [0.1, 0.15) is 0 Å². The molecule has 1 aromatic carbocycles. The van der Waals surface area contributed by atoms with E-state index in [4.69, 9.17) is 10.2 Å². The molecule has 0 saturated carbocycles. The highest BCUT2D eigenvalue weighted by Gasteiger charge is 2.14. The molecule has 2 rings (SSSR count). The van der Waals surface area contributed by atoms with E-state index in [2.05, 4.69) is 0 Å². The van der Waals surface area contributed by atoms with E-state index in [0.29, 0.717) is 5.56 Å². The summed E-state index contributed by atoms with van der Waals surface area (Å²) in [5.74, 6) is -0.188. The van der Waals surface area contributed by atoms with Crippen LogP contribution in [0.15, 0.2) is 48.8 Å². The van der Waals surface area contributed by atoms with Crippen molar-refractivity contribution < 1.29 is 15.0 Å². The molecular weight excluding hydrogens is 256 g/mol. The van der Waals surface area contributed by atoms with Crippen LogP contribution in [0.25, 0.3) is 5.69 Å². The van der Waals surface area contributed by atoms with Crippen LogP contribution in [-0.4, -0.2) is 51.9 Å². The normalized spacial score (nSPS) is 10.5. The molecule has 0 unspecified atom stereocenters. The average molecular weight is 274 g/mol. The van der Waals surface area contributed by atoms with Crippen LogP contribution >= 0.6 is 0 Å². The number of hydrogen-bond donors (Lipinski definition) is 2. The number of rotatable bonds is 6. The first kappa shape index (κ1) is 14.3. The van der Waals surface area contributed by atoms with E-state index >= 15 is 0 Å². The van der Waals surface area contributed by atoms with Crippen molar-refractivity contribution in [1.82, 2.24) is 9.47 Å². The lowest BCUT2D eigenvalue weighted by Crippen LogP contribution is -2.35. The number of nitrogens with zero attached hydrogens (tertiary/aromatic N) is 2. The number of carbonyl (C=O) groups is 1. The van der Waals surface area contributed by atoms with Gasteiger partial charge in [0, 0.05) is 36.7 Å². The Morgan fingerprint density at radius 3 is 2.05 bits per heavy atom. The van der Waals surface area contributed by atoms with Gasteiger partial charge in [0.2, 0.25) is 0 Å². The zero-order valence-corrected chi connectivity index (χ0v) is 11.1. The molecule has 0 atom stereocenters. The van der Waals surface area contributed by atoms with Gasteiger partial charge in [-0.2, -0.15) is 0 Å². The molecule has 0 aliphatic carbocycles. The topological polar surface area (TPSA) is 65.7 Å². The summed E-state index contributed by atoms with van der Waals surface area (Å²) in [6, 6.07) is 11.1. The number of benzene rings is 1. The first-order valence-electron chi connectivity index (χ1n) is 6.50. The third-order valence-electron chi connectivity index (χ3n) is 3.04. The average Bonchev–Trinajstić information content (AvgIpc) is 3.01. The van der Waals surface area contributed by atoms with Crippen LogP contribution in [0.2, 0.25) is 0 Å². The van der Waals surface area contributed by atoms with Gasteiger partial charge in [-0.25, -0.2) is 0 Å². The fourth-order valence-electron chi connectivity index (χ4n) is 2.02. The molecule has 0 fully saturated rings. The van der Waals surface area contributed by atoms with E-state index in [0.717, 1.165) is 5.69 Å². The molecule has 2 aromatic rings. The van der Waals surface area contributed by atoms with Crippen LogP contribution < -0.4 is 0 Å². The molecule has 20 heavy (non-hydrogen) atoms. The summed E-state index contributed by atoms with van der Waals surface area (Å²) >= 11 is 0. The first-order chi connectivity index (χ1) is 9.76. The Hall–Kier alpha value is -2.11. The number of amides is 1. The number of aliphatic hydroxyl groups is 2. The maximum absolute atomic E-state index is 12.2. The number of aliphatic hydroxyl groups excluding tert-OH is 2. The van der Waals surface area contributed by atoms with Gasteiger partial charge in [-0.1, -0.05) is 0 Å². The van der Waals surface area contributed by atoms with E-state index < -0.39 is 0 Å². The SMILES string of the molecule is O=C(c1ccc(-n2cccc2)cc1)N(CCO)CCO. The molecule has 0 saturated heterocycles. The lowest BCUT2D eigenvalue weighted by atomic mass is 10.1. The summed E-state index contributed by atoms with van der Waals surface area (Å²) in [5, 5.41) is 17.9. The van der Waals surface area contributed by atoms with Crippen molar-refractivity contribution in [2.75, 3.05) is 26.3 Å². The van der Waals surface area contributed by atoms with Crippen LogP contribution in [0.5, 0.6) is 0 Å². The Bertz CT molecular complexity index is 529. The third-order valence-corrected chi connectivity index (χ3v) is 3.04. The second-order valence-electron chi connectivity index (χ2n) is 4.38. The van der Waals surface area contributed by atoms with Gasteiger partial charge in [0.25, 0.3) is 5.91 Å². The van der Waals surface area contributed by atoms with Crippen LogP contribution in [0.4, 0.5) is 0 Å². The molecule has 1 heterocycles. The number of carbonyl (C=O) groups excluding carboxylic acids is 1. The summed E-state index contributed by atoms with van der Waals surface area (Å²) in [6.45, 7) is 0.206. The van der Waals surface area contributed by atoms with Gasteiger partial charge in [0.15, 0.2) is 0 Å². The largest absolute Gasteiger partial charge is 0.395 e. The van der Waals surface area contributed by atoms with Gasteiger partial charge in [-0.05, 0) is 36.4 Å². The predicted molar refractivity (Wildman–Crippen MR) is 75.8 cm³/mol. The second-order valence-corrected chi connectivity index (χ2v) is 4.38. The molecule has 0 radical (unpaired) electrons. The maximum atomic E-state index is 12.2. The quantitative estimate of drug-likeness (QED) is 0.822. The van der Waals surface area contributed by atoms with E-state index in [-0.39, 0.29) is 32.2 Å². The summed E-state index contributed by atoms with van der Waals surface area (Å²) in [4.78, 5) is 13.7. The summed E-state index contributed by atoms with van der Waals surface area (Å²) in [6.07, 6.45) is 3.86. The highest BCUT2D eigenvalue weighted by atomic mass is 16.3. The van der Waals surface area contributed by atoms with Crippen molar-refractivity contribution in [1.29, 1.82) is 0 Å². The summed E-state index contributed by atoms with van der Waals surface area (Å²) in [5.41, 5.74) is 1.52. The molecule has 1 aromatic heterocycles. The van der Waals surface area contributed by atoms with Gasteiger partial charge in [0.05, 0.1) is 13.2 Å². The molecule has 2 N–H and O–H groups in total. The van der Waals surface area contributed by atoms with Crippen LogP contribution in [0.3, 0.4) is 0 Å². The smallest absolute Gasteiger partial charge is 0.254 e. The molecule has 106 valence electrons. The molecule has 5 nitrogen and oxygen atoms in total. The molecule has 0 bridgehead atoms. The Morgan fingerprint density at radius 1 is 1.00 bits per heavy atom. The highest BCUT2D eigenvalue weighted by Crippen LogP contribution is 2.11.